The predicted octanol–water partition coefficient (Wildman–Crippen LogP) is 1.59. The molecular formula is C11H22NO2+. The van der Waals surface area contributed by atoms with Gasteiger partial charge in [-0.2, -0.15) is 0 Å². The Kier molecular flexibility index (Phi) is 4.85. The number of carbonyl (C=O) groups is 1. The van der Waals surface area contributed by atoms with E-state index in [1.807, 2.05) is 13.8 Å². The minimum atomic E-state index is -0.196. The molecule has 0 atom stereocenters. The topological polar surface area (TPSA) is 26.3 Å². The van der Waals surface area contributed by atoms with E-state index in [0.717, 1.165) is 16.6 Å². The van der Waals surface area contributed by atoms with Crippen molar-refractivity contribution in [3.8, 4) is 0 Å². The first-order valence-electron chi connectivity index (χ1n) is 4.85. The molecule has 0 unspecified atom stereocenters. The number of quaternary nitrogens is 1. The molecule has 0 saturated heterocycles. The van der Waals surface area contributed by atoms with Crippen molar-refractivity contribution in [2.75, 3.05) is 34.3 Å². The lowest BCUT2D eigenvalue weighted by molar-refractivity contribution is -0.870. The minimum absolute atomic E-state index is 0.196. The van der Waals surface area contributed by atoms with Crippen molar-refractivity contribution < 1.29 is 14.0 Å². The van der Waals surface area contributed by atoms with Crippen LogP contribution < -0.4 is 0 Å². The summed E-state index contributed by atoms with van der Waals surface area (Å²) >= 11 is 0. The van der Waals surface area contributed by atoms with Gasteiger partial charge in [0.25, 0.3) is 0 Å². The van der Waals surface area contributed by atoms with Crippen LogP contribution in [0.2, 0.25) is 0 Å². The molecule has 0 heterocycles. The molecule has 0 N–H and O–H groups in total. The highest BCUT2D eigenvalue weighted by Gasteiger charge is 2.11. The number of carbonyl (C=O) groups excluding carboxylic acids is 1. The number of allylic oxidation sites excluding steroid dienone is 1. The Morgan fingerprint density at radius 1 is 1.14 bits per heavy atom. The average molecular weight is 200 g/mol. The van der Waals surface area contributed by atoms with Gasteiger partial charge in [0.05, 0.1) is 21.1 Å². The summed E-state index contributed by atoms with van der Waals surface area (Å²) in [6.07, 6.45) is 0. The summed E-state index contributed by atoms with van der Waals surface area (Å²) in [4.78, 5) is 11.4. The van der Waals surface area contributed by atoms with E-state index in [-0.39, 0.29) is 5.97 Å². The molecule has 0 aromatic heterocycles. The quantitative estimate of drug-likeness (QED) is 0.391. The molecule has 82 valence electrons. The lowest BCUT2D eigenvalue weighted by Crippen LogP contribution is -2.38. The lowest BCUT2D eigenvalue weighted by Gasteiger charge is -2.23. The summed E-state index contributed by atoms with van der Waals surface area (Å²) in [7, 11) is 6.21. The summed E-state index contributed by atoms with van der Waals surface area (Å²) in [5.74, 6) is -0.196. The van der Waals surface area contributed by atoms with Gasteiger partial charge in [-0.3, -0.25) is 0 Å². The number of hydrogen-bond acceptors (Lipinski definition) is 2. The SMILES string of the molecule is CC(C)=C(C)C(=O)OCC[N+](C)(C)C. The highest BCUT2D eigenvalue weighted by atomic mass is 16.5. The molecule has 0 bridgehead atoms. The largest absolute Gasteiger partial charge is 0.456 e. The summed E-state index contributed by atoms with van der Waals surface area (Å²) in [6, 6.07) is 0. The highest BCUT2D eigenvalue weighted by Crippen LogP contribution is 2.04. The Bertz CT molecular complexity index is 232. The molecule has 0 aliphatic heterocycles. The molecule has 3 heteroatoms. The molecule has 0 fully saturated rings. The zero-order valence-corrected chi connectivity index (χ0v) is 10.2. The number of ether oxygens (including phenoxy) is 1. The van der Waals surface area contributed by atoms with Crippen molar-refractivity contribution in [2.24, 2.45) is 0 Å². The number of likely N-dealkylation sites (N-methyl/N-ethyl adjacent to an activating group) is 1. The van der Waals surface area contributed by atoms with Crippen LogP contribution in [0, 0.1) is 0 Å². The zero-order chi connectivity index (χ0) is 11.4. The maximum Gasteiger partial charge on any atom is 0.333 e. The average Bonchev–Trinajstić information content (AvgIpc) is 2.00. The molecule has 0 aliphatic carbocycles. The molecule has 14 heavy (non-hydrogen) atoms. The lowest BCUT2D eigenvalue weighted by atomic mass is 10.2. The van der Waals surface area contributed by atoms with Crippen molar-refractivity contribution in [3.63, 3.8) is 0 Å². The molecular weight excluding hydrogens is 178 g/mol. The van der Waals surface area contributed by atoms with Gasteiger partial charge in [0.1, 0.15) is 13.2 Å². The second kappa shape index (κ2) is 5.15. The van der Waals surface area contributed by atoms with Gasteiger partial charge in [0, 0.05) is 5.57 Å². The van der Waals surface area contributed by atoms with E-state index in [9.17, 15) is 4.79 Å². The first-order valence-corrected chi connectivity index (χ1v) is 4.85. The van der Waals surface area contributed by atoms with E-state index in [1.165, 1.54) is 0 Å². The summed E-state index contributed by atoms with van der Waals surface area (Å²) in [5.41, 5.74) is 1.73. The first-order chi connectivity index (χ1) is 6.24. The second-order valence-electron chi connectivity index (χ2n) is 4.77. The van der Waals surface area contributed by atoms with Crippen LogP contribution in [0.15, 0.2) is 11.1 Å². The fourth-order valence-corrected chi connectivity index (χ4v) is 0.725. The van der Waals surface area contributed by atoms with E-state index >= 15 is 0 Å². The third-order valence-corrected chi connectivity index (χ3v) is 2.05. The first kappa shape index (κ1) is 13.2. The van der Waals surface area contributed by atoms with E-state index in [2.05, 4.69) is 21.1 Å². The third-order valence-electron chi connectivity index (χ3n) is 2.05. The number of hydrogen-bond donors (Lipinski definition) is 0. The monoisotopic (exact) mass is 200 g/mol. The van der Waals surface area contributed by atoms with Crippen LogP contribution in [0.5, 0.6) is 0 Å². The van der Waals surface area contributed by atoms with Gasteiger partial charge in [-0.25, -0.2) is 4.79 Å². The number of nitrogens with zero attached hydrogens (tertiary/aromatic N) is 1. The van der Waals surface area contributed by atoms with Gasteiger partial charge in [0.15, 0.2) is 0 Å². The third kappa shape index (κ3) is 5.75. The van der Waals surface area contributed by atoms with Gasteiger partial charge in [0.2, 0.25) is 0 Å². The van der Waals surface area contributed by atoms with Gasteiger partial charge in [-0.15, -0.1) is 0 Å². The van der Waals surface area contributed by atoms with Crippen LogP contribution in [-0.4, -0.2) is 44.7 Å². The fourth-order valence-electron chi connectivity index (χ4n) is 0.725. The summed E-state index contributed by atoms with van der Waals surface area (Å²) in [5, 5.41) is 0. The molecule has 0 rings (SSSR count). The van der Waals surface area contributed by atoms with E-state index in [0.29, 0.717) is 12.2 Å². The molecule has 0 saturated carbocycles. The van der Waals surface area contributed by atoms with Gasteiger partial charge >= 0.3 is 5.97 Å². The molecule has 0 amide bonds. The standard InChI is InChI=1S/C11H22NO2/c1-9(2)10(3)11(13)14-8-7-12(4,5)6/h7-8H2,1-6H3/q+1. The van der Waals surface area contributed by atoms with E-state index in [4.69, 9.17) is 4.74 Å². The predicted molar refractivity (Wildman–Crippen MR) is 57.9 cm³/mol. The number of rotatable bonds is 4. The van der Waals surface area contributed by atoms with Crippen LogP contribution in [0.1, 0.15) is 20.8 Å². The maximum atomic E-state index is 11.4. The molecule has 0 radical (unpaired) electrons. The summed E-state index contributed by atoms with van der Waals surface area (Å²) < 4.78 is 5.94. The van der Waals surface area contributed by atoms with Crippen LogP contribution >= 0.6 is 0 Å². The Labute approximate surface area is 86.9 Å². The molecule has 0 aliphatic rings. The Hall–Kier alpha value is -0.830. The molecule has 0 aromatic rings. The van der Waals surface area contributed by atoms with Crippen molar-refractivity contribution in [3.05, 3.63) is 11.1 Å². The smallest absolute Gasteiger partial charge is 0.333 e. The van der Waals surface area contributed by atoms with Crippen molar-refractivity contribution >= 4 is 5.97 Å². The molecule has 3 nitrogen and oxygen atoms in total. The van der Waals surface area contributed by atoms with Crippen LogP contribution in [0.25, 0.3) is 0 Å². The highest BCUT2D eigenvalue weighted by molar-refractivity contribution is 5.88. The molecule has 0 aromatic carbocycles. The van der Waals surface area contributed by atoms with Crippen molar-refractivity contribution in [1.82, 2.24) is 0 Å². The Balaban J connectivity index is 3.94. The fraction of sp³-hybridized carbons (Fsp3) is 0.727. The van der Waals surface area contributed by atoms with Crippen molar-refractivity contribution in [1.29, 1.82) is 0 Å². The van der Waals surface area contributed by atoms with E-state index in [1.54, 1.807) is 6.92 Å². The van der Waals surface area contributed by atoms with Gasteiger partial charge in [-0.1, -0.05) is 5.57 Å². The Morgan fingerprint density at radius 3 is 2.00 bits per heavy atom. The van der Waals surface area contributed by atoms with Crippen molar-refractivity contribution in [2.45, 2.75) is 20.8 Å². The van der Waals surface area contributed by atoms with Crippen LogP contribution in [-0.2, 0) is 9.53 Å². The summed E-state index contributed by atoms with van der Waals surface area (Å²) in [6.45, 7) is 6.94. The van der Waals surface area contributed by atoms with Crippen LogP contribution in [0.4, 0.5) is 0 Å². The normalized spacial score (nSPS) is 11.0. The van der Waals surface area contributed by atoms with E-state index < -0.39 is 0 Å². The zero-order valence-electron chi connectivity index (χ0n) is 10.2. The Morgan fingerprint density at radius 2 is 1.64 bits per heavy atom. The maximum absolute atomic E-state index is 11.4. The van der Waals surface area contributed by atoms with Crippen LogP contribution in [0.3, 0.4) is 0 Å². The number of esters is 1. The molecule has 0 spiro atoms. The van der Waals surface area contributed by atoms with Gasteiger partial charge < -0.3 is 9.22 Å². The minimum Gasteiger partial charge on any atom is -0.456 e. The van der Waals surface area contributed by atoms with Gasteiger partial charge in [-0.05, 0) is 20.8 Å². The second-order valence-corrected chi connectivity index (χ2v) is 4.77.